The second kappa shape index (κ2) is 11.2. The number of hydrogen-bond acceptors (Lipinski definition) is 6. The van der Waals surface area contributed by atoms with E-state index >= 15 is 0 Å². The van der Waals surface area contributed by atoms with Crippen LogP contribution in [0.25, 0.3) is 33.5 Å². The molecule has 38 heavy (non-hydrogen) atoms. The van der Waals surface area contributed by atoms with Crippen LogP contribution in [0, 0.1) is 3.57 Å². The van der Waals surface area contributed by atoms with Crippen LogP contribution in [0.4, 0.5) is 0 Å². The van der Waals surface area contributed by atoms with Crippen molar-refractivity contribution in [2.24, 2.45) is 5.10 Å². The highest BCUT2D eigenvalue weighted by atomic mass is 127. The average molecular weight is 642 g/mol. The largest absolute Gasteiger partial charge is 0.490 e. The molecule has 2 heterocycles. The summed E-state index contributed by atoms with van der Waals surface area (Å²) in [5, 5.41) is 6.42. The lowest BCUT2D eigenvalue weighted by Crippen LogP contribution is -2.20. The molecule has 5 aromatic rings. The predicted molar refractivity (Wildman–Crippen MR) is 160 cm³/mol. The van der Waals surface area contributed by atoms with Gasteiger partial charge in [-0.15, -0.1) is 0 Å². The third-order valence-electron chi connectivity index (χ3n) is 6.00. The summed E-state index contributed by atoms with van der Waals surface area (Å²) < 4.78 is 20.2. The highest BCUT2D eigenvalue weighted by Crippen LogP contribution is 2.35. The molecule has 0 saturated carbocycles. The van der Waals surface area contributed by atoms with Crippen LogP contribution < -0.4 is 15.0 Å². The summed E-state index contributed by atoms with van der Waals surface area (Å²) in [5.74, 6) is 2.02. The molecule has 2 aromatic heterocycles. The molecular formula is C29H25ClIN3O4. The van der Waals surface area contributed by atoms with Crippen molar-refractivity contribution in [1.82, 2.24) is 9.66 Å². The number of benzene rings is 3. The number of fused-ring (bicyclic) bond motifs is 2. The normalized spacial score (nSPS) is 12.4. The number of para-hydroxylation sites is 1. The third-order valence-corrected chi connectivity index (χ3v) is 7.04. The molecule has 5 rings (SSSR count). The highest BCUT2D eigenvalue weighted by Gasteiger charge is 2.18. The Morgan fingerprint density at radius 2 is 1.97 bits per heavy atom. The Balaban J connectivity index is 1.64. The molecule has 0 unspecified atom stereocenters. The van der Waals surface area contributed by atoms with E-state index in [0.717, 1.165) is 20.9 Å². The van der Waals surface area contributed by atoms with Gasteiger partial charge in [0.15, 0.2) is 17.3 Å². The van der Waals surface area contributed by atoms with Crippen LogP contribution in [0.2, 0.25) is 5.02 Å². The van der Waals surface area contributed by atoms with Gasteiger partial charge in [0.05, 0.1) is 33.4 Å². The first kappa shape index (κ1) is 26.2. The van der Waals surface area contributed by atoms with Crippen molar-refractivity contribution in [1.29, 1.82) is 0 Å². The van der Waals surface area contributed by atoms with Gasteiger partial charge in [0.1, 0.15) is 5.58 Å². The maximum absolute atomic E-state index is 13.6. The van der Waals surface area contributed by atoms with Crippen molar-refractivity contribution in [2.45, 2.75) is 33.3 Å². The van der Waals surface area contributed by atoms with Gasteiger partial charge in [-0.3, -0.25) is 4.79 Å². The van der Waals surface area contributed by atoms with Crippen molar-refractivity contribution in [3.8, 4) is 23.1 Å². The fourth-order valence-corrected chi connectivity index (χ4v) is 4.90. The minimum Gasteiger partial charge on any atom is -0.490 e. The van der Waals surface area contributed by atoms with Crippen molar-refractivity contribution in [3.05, 3.63) is 85.2 Å². The molecule has 194 valence electrons. The number of aromatic nitrogens is 2. The lowest BCUT2D eigenvalue weighted by Gasteiger charge is -2.18. The molecule has 0 amide bonds. The molecule has 0 saturated heterocycles. The molecule has 0 radical (unpaired) electrons. The zero-order valence-corrected chi connectivity index (χ0v) is 24.0. The zero-order chi connectivity index (χ0) is 26.8. The van der Waals surface area contributed by atoms with Gasteiger partial charge in [-0.05, 0) is 97.0 Å². The van der Waals surface area contributed by atoms with Crippen LogP contribution in [-0.2, 0) is 0 Å². The monoisotopic (exact) mass is 641 g/mol. The SMILES string of the molecule is CCOc1cc(C=Nn2c(-c3cc4cc(Cl)ccc4o3)nc3ccccc3c2=O)cc(I)c1O[C@@H](C)CC. The first-order valence-corrected chi connectivity index (χ1v) is 13.7. The van der Waals surface area contributed by atoms with E-state index in [1.807, 2.05) is 32.0 Å². The maximum Gasteiger partial charge on any atom is 0.282 e. The van der Waals surface area contributed by atoms with Crippen molar-refractivity contribution in [2.75, 3.05) is 6.61 Å². The molecule has 0 aliphatic rings. The molecule has 9 heteroatoms. The van der Waals surface area contributed by atoms with Gasteiger partial charge in [0, 0.05) is 10.4 Å². The Kier molecular flexibility index (Phi) is 7.71. The predicted octanol–water partition coefficient (Wildman–Crippen LogP) is 7.53. The average Bonchev–Trinajstić information content (AvgIpc) is 3.33. The maximum atomic E-state index is 13.6. The molecule has 0 bridgehead atoms. The minimum absolute atomic E-state index is 0.0470. The summed E-state index contributed by atoms with van der Waals surface area (Å²) in [6.45, 7) is 6.51. The summed E-state index contributed by atoms with van der Waals surface area (Å²) in [6.07, 6.45) is 2.53. The molecule has 0 aliphatic heterocycles. The minimum atomic E-state index is -0.309. The third kappa shape index (κ3) is 5.28. The van der Waals surface area contributed by atoms with Crippen LogP contribution in [0.5, 0.6) is 11.5 Å². The molecule has 0 fully saturated rings. The molecule has 3 aromatic carbocycles. The number of halogens is 2. The van der Waals surface area contributed by atoms with Gasteiger partial charge >= 0.3 is 0 Å². The molecule has 7 nitrogen and oxygen atoms in total. The Hall–Kier alpha value is -3.37. The standard InChI is InChI=1S/C29H25ClIN3O4/c1-4-17(3)37-27-22(31)12-18(13-25(27)36-5-2)16-32-34-28(33-23-9-7-6-8-21(23)29(34)35)26-15-19-14-20(30)10-11-24(19)38-26/h6-17H,4-5H2,1-3H3/t17-/m0/s1. The summed E-state index contributed by atoms with van der Waals surface area (Å²) in [5.41, 5.74) is 1.63. The van der Waals surface area contributed by atoms with E-state index in [2.05, 4.69) is 34.6 Å². The first-order chi connectivity index (χ1) is 18.4. The Bertz CT molecular complexity index is 1730. The highest BCUT2D eigenvalue weighted by molar-refractivity contribution is 14.1. The van der Waals surface area contributed by atoms with E-state index in [0.29, 0.717) is 45.4 Å². The summed E-state index contributed by atoms with van der Waals surface area (Å²) >= 11 is 8.39. The molecule has 0 aliphatic carbocycles. The van der Waals surface area contributed by atoms with Crippen LogP contribution in [0.3, 0.4) is 0 Å². The van der Waals surface area contributed by atoms with Crippen molar-refractivity contribution >= 4 is 62.3 Å². The lowest BCUT2D eigenvalue weighted by molar-refractivity contribution is 0.201. The van der Waals surface area contributed by atoms with E-state index in [1.165, 1.54) is 4.68 Å². The van der Waals surface area contributed by atoms with Crippen LogP contribution in [-0.4, -0.2) is 28.6 Å². The molecule has 1 atom stereocenters. The first-order valence-electron chi connectivity index (χ1n) is 12.3. The van der Waals surface area contributed by atoms with Gasteiger partial charge < -0.3 is 13.9 Å². The topological polar surface area (TPSA) is 78.9 Å². The summed E-state index contributed by atoms with van der Waals surface area (Å²) in [6, 6.07) is 18.1. The molecule has 0 N–H and O–H groups in total. The number of nitrogens with zero attached hydrogens (tertiary/aromatic N) is 3. The zero-order valence-electron chi connectivity index (χ0n) is 21.1. The molecular weight excluding hydrogens is 617 g/mol. The fraction of sp³-hybridized carbons (Fsp3) is 0.207. The fourth-order valence-electron chi connectivity index (χ4n) is 3.96. The van der Waals surface area contributed by atoms with Gasteiger partial charge in [-0.2, -0.15) is 9.78 Å². The Morgan fingerprint density at radius 1 is 1.16 bits per heavy atom. The van der Waals surface area contributed by atoms with E-state index in [-0.39, 0.29) is 17.5 Å². The summed E-state index contributed by atoms with van der Waals surface area (Å²) in [4.78, 5) is 18.3. The van der Waals surface area contributed by atoms with E-state index in [4.69, 9.17) is 30.5 Å². The van der Waals surface area contributed by atoms with Gasteiger partial charge in [0.25, 0.3) is 5.56 Å². The van der Waals surface area contributed by atoms with Gasteiger partial charge in [-0.1, -0.05) is 30.7 Å². The van der Waals surface area contributed by atoms with Crippen molar-refractivity contribution < 1.29 is 13.9 Å². The second-order valence-corrected chi connectivity index (χ2v) is 10.3. The lowest BCUT2D eigenvalue weighted by atomic mass is 10.2. The quantitative estimate of drug-likeness (QED) is 0.129. The molecule has 0 spiro atoms. The van der Waals surface area contributed by atoms with Crippen LogP contribution in [0.1, 0.15) is 32.8 Å². The number of furan rings is 1. The number of hydrogen-bond donors (Lipinski definition) is 0. The number of ether oxygens (including phenoxy) is 2. The van der Waals surface area contributed by atoms with Crippen LogP contribution >= 0.6 is 34.2 Å². The van der Waals surface area contributed by atoms with Gasteiger partial charge in [0.2, 0.25) is 5.82 Å². The van der Waals surface area contributed by atoms with Crippen molar-refractivity contribution in [3.63, 3.8) is 0 Å². The van der Waals surface area contributed by atoms with Gasteiger partial charge in [-0.25, -0.2) is 4.98 Å². The smallest absolute Gasteiger partial charge is 0.282 e. The van der Waals surface area contributed by atoms with E-state index < -0.39 is 0 Å². The summed E-state index contributed by atoms with van der Waals surface area (Å²) in [7, 11) is 0. The van der Waals surface area contributed by atoms with Crippen LogP contribution in [0.15, 0.2) is 75.0 Å². The Morgan fingerprint density at radius 3 is 2.76 bits per heavy atom. The second-order valence-electron chi connectivity index (χ2n) is 8.71. The number of rotatable bonds is 8. The van der Waals surface area contributed by atoms with E-state index in [9.17, 15) is 4.79 Å². The van der Waals surface area contributed by atoms with E-state index in [1.54, 1.807) is 48.7 Å². The Labute approximate surface area is 238 Å².